The van der Waals surface area contributed by atoms with E-state index in [2.05, 4.69) is 11.1 Å². The molecule has 0 atom stereocenters. The molecule has 0 saturated heterocycles. The molecule has 3 aromatic heterocycles. The van der Waals surface area contributed by atoms with Gasteiger partial charge in [-0.3, -0.25) is 9.81 Å². The van der Waals surface area contributed by atoms with Crippen molar-refractivity contribution in [1.82, 2.24) is 9.38 Å². The molecular formula is C24H24N4O. The van der Waals surface area contributed by atoms with Gasteiger partial charge in [0.25, 0.3) is 0 Å². The number of nitriles is 1. The highest BCUT2D eigenvalue weighted by molar-refractivity contribution is 6.02. The highest BCUT2D eigenvalue weighted by Crippen LogP contribution is 2.29. The molecule has 0 bridgehead atoms. The van der Waals surface area contributed by atoms with Crippen molar-refractivity contribution >= 4 is 38.6 Å². The van der Waals surface area contributed by atoms with Crippen LogP contribution in [0.4, 0.5) is 0 Å². The van der Waals surface area contributed by atoms with E-state index in [-0.39, 0.29) is 11.1 Å². The third-order valence-corrected chi connectivity index (χ3v) is 4.53. The average molecular weight is 384 g/mol. The van der Waals surface area contributed by atoms with Gasteiger partial charge in [-0.15, -0.1) is 0 Å². The Kier molecular flexibility index (Phi) is 5.65. The molecule has 0 saturated carbocycles. The van der Waals surface area contributed by atoms with Crippen molar-refractivity contribution < 1.29 is 4.42 Å². The molecule has 0 aliphatic heterocycles. The second kappa shape index (κ2) is 8.15. The first kappa shape index (κ1) is 20.1. The summed E-state index contributed by atoms with van der Waals surface area (Å²) in [5.41, 5.74) is 4.72. The molecule has 0 aliphatic rings. The number of rotatable bonds is 0. The number of benzene rings is 2. The lowest BCUT2D eigenvalue weighted by Crippen LogP contribution is -2.16. The van der Waals surface area contributed by atoms with Gasteiger partial charge in [-0.05, 0) is 36.8 Å². The maximum Gasteiger partial charge on any atom is 0.159 e. The van der Waals surface area contributed by atoms with Crippen molar-refractivity contribution in [1.29, 1.82) is 10.7 Å². The Labute approximate surface area is 169 Å². The van der Waals surface area contributed by atoms with Crippen molar-refractivity contribution in [3.8, 4) is 6.07 Å². The maximum atomic E-state index is 9.65. The number of para-hydroxylation sites is 2. The summed E-state index contributed by atoms with van der Waals surface area (Å²) in [6.07, 6.45) is 0. The van der Waals surface area contributed by atoms with Crippen molar-refractivity contribution in [2.75, 3.05) is 0 Å². The van der Waals surface area contributed by atoms with Gasteiger partial charge in [-0.25, -0.2) is 4.98 Å². The molecule has 1 N–H and O–H groups in total. The van der Waals surface area contributed by atoms with E-state index in [1.54, 1.807) is 4.40 Å². The zero-order valence-corrected chi connectivity index (χ0v) is 17.4. The highest BCUT2D eigenvalue weighted by atomic mass is 16.3. The number of aryl methyl sites for hydroxylation is 1. The van der Waals surface area contributed by atoms with Crippen molar-refractivity contribution in [2.45, 2.75) is 34.6 Å². The van der Waals surface area contributed by atoms with Crippen LogP contribution in [0.1, 0.15) is 38.8 Å². The van der Waals surface area contributed by atoms with E-state index in [1.807, 2.05) is 83.1 Å². The molecule has 5 nitrogen and oxygen atoms in total. The molecular weight excluding hydrogens is 360 g/mol. The Bertz CT molecular complexity index is 1430. The van der Waals surface area contributed by atoms with E-state index in [0.29, 0.717) is 16.8 Å². The van der Waals surface area contributed by atoms with Gasteiger partial charge in [0.15, 0.2) is 16.7 Å². The van der Waals surface area contributed by atoms with Gasteiger partial charge in [0.2, 0.25) is 0 Å². The molecule has 5 aromatic rings. The summed E-state index contributed by atoms with van der Waals surface area (Å²) in [6.45, 7) is 9.99. The van der Waals surface area contributed by atoms with Gasteiger partial charge >= 0.3 is 0 Å². The van der Waals surface area contributed by atoms with Crippen LogP contribution in [0.2, 0.25) is 0 Å². The largest absolute Gasteiger partial charge is 0.454 e. The normalized spacial score (nSPS) is 10.3. The van der Waals surface area contributed by atoms with Crippen LogP contribution in [-0.2, 0) is 0 Å². The minimum Gasteiger partial charge on any atom is -0.454 e. The second-order valence-electron chi connectivity index (χ2n) is 6.13. The lowest BCUT2D eigenvalue weighted by Gasteiger charge is -2.07. The number of pyridine rings is 1. The molecule has 0 aliphatic carbocycles. The highest BCUT2D eigenvalue weighted by Gasteiger charge is 2.17. The monoisotopic (exact) mass is 384 g/mol. The maximum absolute atomic E-state index is 9.65. The van der Waals surface area contributed by atoms with E-state index in [4.69, 9.17) is 9.83 Å². The minimum atomic E-state index is 0.0921. The molecule has 5 rings (SSSR count). The summed E-state index contributed by atoms with van der Waals surface area (Å²) in [5.74, 6) is 0. The van der Waals surface area contributed by atoms with E-state index >= 15 is 0 Å². The second-order valence-corrected chi connectivity index (χ2v) is 6.13. The first-order chi connectivity index (χ1) is 14.2. The molecule has 0 radical (unpaired) electrons. The number of aromatic nitrogens is 2. The molecule has 0 unspecified atom stereocenters. The molecule has 0 fully saturated rings. The van der Waals surface area contributed by atoms with Crippen LogP contribution in [-0.4, -0.2) is 9.38 Å². The Morgan fingerprint density at radius 2 is 1.76 bits per heavy atom. The van der Waals surface area contributed by atoms with E-state index < -0.39 is 0 Å². The summed E-state index contributed by atoms with van der Waals surface area (Å²) in [6, 6.07) is 17.7. The molecule has 29 heavy (non-hydrogen) atoms. The molecule has 3 heterocycles. The lowest BCUT2D eigenvalue weighted by atomic mass is 10.1. The fourth-order valence-corrected chi connectivity index (χ4v) is 3.34. The summed E-state index contributed by atoms with van der Waals surface area (Å²) in [7, 11) is 0. The predicted octanol–water partition coefficient (Wildman–Crippen LogP) is 6.10. The fourth-order valence-electron chi connectivity index (χ4n) is 3.34. The summed E-state index contributed by atoms with van der Waals surface area (Å²) in [5, 5.41) is 19.8. The van der Waals surface area contributed by atoms with Crippen LogP contribution in [0.15, 0.2) is 52.9 Å². The van der Waals surface area contributed by atoms with Gasteiger partial charge in [0, 0.05) is 5.39 Å². The number of imidazole rings is 1. The zero-order chi connectivity index (χ0) is 21.1. The van der Waals surface area contributed by atoms with Crippen LogP contribution in [0.5, 0.6) is 0 Å². The molecule has 5 heteroatoms. The van der Waals surface area contributed by atoms with Crippen LogP contribution >= 0.6 is 0 Å². The zero-order valence-electron chi connectivity index (χ0n) is 17.4. The number of hydrogen-bond acceptors (Lipinski definition) is 4. The summed E-state index contributed by atoms with van der Waals surface area (Å²) < 4.78 is 7.75. The number of hydrogen-bond donors (Lipinski definition) is 1. The molecule has 0 spiro atoms. The SMILES string of the molecule is CC.CC.Cc1ccc2cc3c(oc2c1)c(C#N)c(=N)n1c2ccccc2nc31. The van der Waals surface area contributed by atoms with E-state index in [0.717, 1.165) is 27.4 Å². The van der Waals surface area contributed by atoms with Gasteiger partial charge in [-0.1, -0.05) is 52.0 Å². The average Bonchev–Trinajstić information content (AvgIpc) is 3.16. The van der Waals surface area contributed by atoms with Gasteiger partial charge in [0.05, 0.1) is 16.4 Å². The number of nitrogens with zero attached hydrogens (tertiary/aromatic N) is 3. The van der Waals surface area contributed by atoms with E-state index in [1.165, 1.54) is 0 Å². The smallest absolute Gasteiger partial charge is 0.159 e. The van der Waals surface area contributed by atoms with Gasteiger partial charge < -0.3 is 4.42 Å². The third-order valence-electron chi connectivity index (χ3n) is 4.53. The first-order valence-electron chi connectivity index (χ1n) is 9.89. The quantitative estimate of drug-likeness (QED) is 0.328. The topological polar surface area (TPSA) is 78.1 Å². The number of fused-ring (bicyclic) bond motifs is 6. The van der Waals surface area contributed by atoms with Crippen LogP contribution in [0.3, 0.4) is 0 Å². The Hall–Kier alpha value is -3.65. The standard InChI is InChI=1S/C20H12N4O.2C2H6/c1-11-6-7-12-9-13-18(25-17(12)8-11)14(10-21)19(22)24-16-5-3-2-4-15(16)23-20(13)24;2*1-2/h2-9,22H,1H3;2*1-2H3. The van der Waals surface area contributed by atoms with Gasteiger partial charge in [-0.2, -0.15) is 5.26 Å². The number of nitrogens with one attached hydrogen (secondary N) is 1. The predicted molar refractivity (Wildman–Crippen MR) is 118 cm³/mol. The molecule has 146 valence electrons. The fraction of sp³-hybridized carbons (Fsp3) is 0.208. The lowest BCUT2D eigenvalue weighted by molar-refractivity contribution is 0.657. The summed E-state index contributed by atoms with van der Waals surface area (Å²) in [4.78, 5) is 4.68. The van der Waals surface area contributed by atoms with Gasteiger partial charge in [0.1, 0.15) is 17.2 Å². The van der Waals surface area contributed by atoms with Crippen LogP contribution in [0, 0.1) is 23.7 Å². The van der Waals surface area contributed by atoms with E-state index in [9.17, 15) is 5.26 Å². The van der Waals surface area contributed by atoms with Crippen LogP contribution in [0.25, 0.3) is 38.6 Å². The third kappa shape index (κ3) is 3.13. The Morgan fingerprint density at radius 3 is 2.48 bits per heavy atom. The molecule has 0 amide bonds. The first-order valence-corrected chi connectivity index (χ1v) is 9.89. The summed E-state index contributed by atoms with van der Waals surface area (Å²) >= 11 is 0. The van der Waals surface area contributed by atoms with Crippen LogP contribution < -0.4 is 5.49 Å². The van der Waals surface area contributed by atoms with Crippen molar-refractivity contribution in [2.24, 2.45) is 0 Å². The van der Waals surface area contributed by atoms with Crippen molar-refractivity contribution in [3.63, 3.8) is 0 Å². The Morgan fingerprint density at radius 1 is 1.03 bits per heavy atom. The molecule has 2 aromatic carbocycles. The van der Waals surface area contributed by atoms with Crippen molar-refractivity contribution in [3.05, 3.63) is 65.1 Å². The minimum absolute atomic E-state index is 0.0921. The Balaban J connectivity index is 0.000000568.